The van der Waals surface area contributed by atoms with E-state index in [1.165, 1.54) is 11.4 Å². The summed E-state index contributed by atoms with van der Waals surface area (Å²) in [6.07, 6.45) is 2.31. The average molecular weight is 197 g/mol. The normalized spacial score (nSPS) is 12.1. The summed E-state index contributed by atoms with van der Waals surface area (Å²) in [5, 5.41) is 0.220. The van der Waals surface area contributed by atoms with Gasteiger partial charge in [0.1, 0.15) is 0 Å². The minimum atomic E-state index is 0.220. The maximum atomic E-state index is 3.00. The van der Waals surface area contributed by atoms with Crippen LogP contribution in [0, 0.1) is 13.8 Å². The van der Waals surface area contributed by atoms with Crippen molar-refractivity contribution in [2.45, 2.75) is 45.8 Å². The Morgan fingerprint density at radius 2 is 1.54 bits per heavy atom. The van der Waals surface area contributed by atoms with Gasteiger partial charge in [-0.1, -0.05) is 13.8 Å². The smallest absolute Gasteiger partial charge is 0.0577 e. The van der Waals surface area contributed by atoms with Gasteiger partial charge in [-0.3, -0.25) is 0 Å². The standard InChI is InChI=1S/C11H20NP/c1-5-11(13,6-2)12-9(3)7-8-10(12)4/h7-8H,5-6,13H2,1-4H3. The number of aryl methyl sites for hydroxylation is 2. The fourth-order valence-corrected chi connectivity index (χ4v) is 2.34. The number of hydrogen-bond acceptors (Lipinski definition) is 0. The van der Waals surface area contributed by atoms with Crippen molar-refractivity contribution >= 4 is 9.24 Å². The van der Waals surface area contributed by atoms with Gasteiger partial charge in [0.25, 0.3) is 0 Å². The van der Waals surface area contributed by atoms with Crippen LogP contribution >= 0.6 is 9.24 Å². The lowest BCUT2D eigenvalue weighted by atomic mass is 10.1. The van der Waals surface area contributed by atoms with Crippen LogP contribution in [0.2, 0.25) is 0 Å². The molecule has 2 heteroatoms. The van der Waals surface area contributed by atoms with Crippen LogP contribution in [0.4, 0.5) is 0 Å². The molecule has 0 N–H and O–H groups in total. The maximum absolute atomic E-state index is 3.00. The first-order chi connectivity index (χ1) is 6.05. The Hall–Kier alpha value is -0.290. The van der Waals surface area contributed by atoms with Gasteiger partial charge in [0.05, 0.1) is 5.28 Å². The van der Waals surface area contributed by atoms with Crippen LogP contribution in [0.25, 0.3) is 0 Å². The third-order valence-corrected chi connectivity index (χ3v) is 4.02. The second-order valence-corrected chi connectivity index (χ2v) is 4.84. The van der Waals surface area contributed by atoms with E-state index in [0.29, 0.717) is 0 Å². The molecular formula is C11H20NP. The Morgan fingerprint density at radius 1 is 1.15 bits per heavy atom. The van der Waals surface area contributed by atoms with Crippen LogP contribution in [0.1, 0.15) is 38.1 Å². The zero-order valence-electron chi connectivity index (χ0n) is 9.09. The predicted octanol–water partition coefficient (Wildman–Crippen LogP) is 3.45. The molecule has 0 bridgehead atoms. The molecule has 0 radical (unpaired) electrons. The molecule has 0 spiro atoms. The van der Waals surface area contributed by atoms with E-state index in [9.17, 15) is 0 Å². The Labute approximate surface area is 83.7 Å². The molecule has 1 unspecified atom stereocenters. The summed E-state index contributed by atoms with van der Waals surface area (Å²) in [5.74, 6) is 0. The van der Waals surface area contributed by atoms with Crippen molar-refractivity contribution in [3.63, 3.8) is 0 Å². The fraction of sp³-hybridized carbons (Fsp3) is 0.636. The van der Waals surface area contributed by atoms with Crippen LogP contribution in [0.15, 0.2) is 12.1 Å². The molecular weight excluding hydrogens is 177 g/mol. The van der Waals surface area contributed by atoms with Gasteiger partial charge in [0.2, 0.25) is 0 Å². The summed E-state index contributed by atoms with van der Waals surface area (Å²) < 4.78 is 2.43. The lowest BCUT2D eigenvalue weighted by Crippen LogP contribution is -2.26. The topological polar surface area (TPSA) is 4.93 Å². The van der Waals surface area contributed by atoms with E-state index in [4.69, 9.17) is 0 Å². The molecule has 1 rings (SSSR count). The van der Waals surface area contributed by atoms with E-state index >= 15 is 0 Å². The number of aromatic nitrogens is 1. The lowest BCUT2D eigenvalue weighted by molar-refractivity contribution is 0.401. The van der Waals surface area contributed by atoms with Crippen molar-refractivity contribution in [3.8, 4) is 0 Å². The van der Waals surface area contributed by atoms with Crippen LogP contribution in [-0.2, 0) is 5.28 Å². The summed E-state index contributed by atoms with van der Waals surface area (Å²) in [7, 11) is 3.00. The van der Waals surface area contributed by atoms with Crippen molar-refractivity contribution in [2.24, 2.45) is 0 Å². The first-order valence-corrected chi connectivity index (χ1v) is 5.57. The highest BCUT2D eigenvalue weighted by Crippen LogP contribution is 2.35. The van der Waals surface area contributed by atoms with Gasteiger partial charge in [0, 0.05) is 11.4 Å². The monoisotopic (exact) mass is 197 g/mol. The predicted molar refractivity (Wildman–Crippen MR) is 62.2 cm³/mol. The Bertz CT molecular complexity index is 265. The second kappa shape index (κ2) is 3.84. The zero-order chi connectivity index (χ0) is 10.1. The molecule has 13 heavy (non-hydrogen) atoms. The SMILES string of the molecule is CCC(P)(CC)n1c(C)ccc1C. The van der Waals surface area contributed by atoms with E-state index in [0.717, 1.165) is 12.8 Å². The molecule has 1 atom stereocenters. The van der Waals surface area contributed by atoms with Crippen LogP contribution in [0.3, 0.4) is 0 Å². The Kier molecular flexibility index (Phi) is 3.18. The molecule has 0 fully saturated rings. The maximum Gasteiger partial charge on any atom is 0.0577 e. The molecule has 0 saturated carbocycles. The minimum absolute atomic E-state index is 0.220. The first kappa shape index (κ1) is 10.8. The average Bonchev–Trinajstić information content (AvgIpc) is 2.46. The summed E-state index contributed by atoms with van der Waals surface area (Å²) in [4.78, 5) is 0. The highest BCUT2D eigenvalue weighted by Gasteiger charge is 2.24. The van der Waals surface area contributed by atoms with E-state index in [1.807, 2.05) is 0 Å². The summed E-state index contributed by atoms with van der Waals surface area (Å²) in [6.45, 7) is 8.85. The van der Waals surface area contributed by atoms with Gasteiger partial charge in [-0.05, 0) is 38.8 Å². The van der Waals surface area contributed by atoms with Gasteiger partial charge in [-0.25, -0.2) is 0 Å². The molecule has 1 nitrogen and oxygen atoms in total. The van der Waals surface area contributed by atoms with Crippen LogP contribution in [0.5, 0.6) is 0 Å². The molecule has 0 aliphatic carbocycles. The Balaban J connectivity index is 3.18. The van der Waals surface area contributed by atoms with Gasteiger partial charge < -0.3 is 4.57 Å². The minimum Gasteiger partial charge on any atom is -0.340 e. The summed E-state index contributed by atoms with van der Waals surface area (Å²) in [6, 6.07) is 4.39. The van der Waals surface area contributed by atoms with E-state index in [-0.39, 0.29) is 5.28 Å². The van der Waals surface area contributed by atoms with Crippen LogP contribution < -0.4 is 0 Å². The van der Waals surface area contributed by atoms with Gasteiger partial charge in [-0.15, -0.1) is 9.24 Å². The van der Waals surface area contributed by atoms with Crippen molar-refractivity contribution in [1.82, 2.24) is 4.57 Å². The Morgan fingerprint density at radius 3 is 1.85 bits per heavy atom. The molecule has 0 saturated heterocycles. The van der Waals surface area contributed by atoms with Gasteiger partial charge >= 0.3 is 0 Å². The highest BCUT2D eigenvalue weighted by molar-refractivity contribution is 7.17. The molecule has 74 valence electrons. The van der Waals surface area contributed by atoms with E-state index in [1.54, 1.807) is 0 Å². The van der Waals surface area contributed by atoms with Crippen molar-refractivity contribution in [2.75, 3.05) is 0 Å². The first-order valence-electron chi connectivity index (χ1n) is 4.99. The molecule has 1 aromatic heterocycles. The highest BCUT2D eigenvalue weighted by atomic mass is 31.0. The summed E-state index contributed by atoms with van der Waals surface area (Å²) in [5.41, 5.74) is 2.72. The number of hydrogen-bond donors (Lipinski definition) is 0. The van der Waals surface area contributed by atoms with Crippen molar-refractivity contribution in [3.05, 3.63) is 23.5 Å². The van der Waals surface area contributed by atoms with Crippen molar-refractivity contribution in [1.29, 1.82) is 0 Å². The van der Waals surface area contributed by atoms with Gasteiger partial charge in [-0.2, -0.15) is 0 Å². The van der Waals surface area contributed by atoms with Gasteiger partial charge in [0.15, 0.2) is 0 Å². The largest absolute Gasteiger partial charge is 0.340 e. The molecule has 0 amide bonds. The third-order valence-electron chi connectivity index (χ3n) is 2.94. The molecule has 1 heterocycles. The van der Waals surface area contributed by atoms with E-state index in [2.05, 4.69) is 53.6 Å². The molecule has 0 aromatic carbocycles. The molecule has 0 aliphatic heterocycles. The zero-order valence-corrected chi connectivity index (χ0v) is 10.2. The summed E-state index contributed by atoms with van der Waals surface area (Å²) >= 11 is 0. The third kappa shape index (κ3) is 1.81. The number of rotatable bonds is 3. The second-order valence-electron chi connectivity index (χ2n) is 3.76. The number of nitrogens with zero attached hydrogens (tertiary/aromatic N) is 1. The molecule has 1 aromatic rings. The van der Waals surface area contributed by atoms with Crippen molar-refractivity contribution < 1.29 is 0 Å². The lowest BCUT2D eigenvalue weighted by Gasteiger charge is -2.32. The van der Waals surface area contributed by atoms with E-state index < -0.39 is 0 Å². The molecule has 0 aliphatic rings. The van der Waals surface area contributed by atoms with Crippen LogP contribution in [-0.4, -0.2) is 4.57 Å². The fourth-order valence-electron chi connectivity index (χ4n) is 1.94. The quantitative estimate of drug-likeness (QED) is 0.654.